The summed E-state index contributed by atoms with van der Waals surface area (Å²) in [5.74, 6) is 0. The van der Waals surface area contributed by atoms with Gasteiger partial charge in [0.1, 0.15) is 0 Å². The van der Waals surface area contributed by atoms with Gasteiger partial charge < -0.3 is 0 Å². The van der Waals surface area contributed by atoms with Crippen molar-refractivity contribution < 1.29 is 13.2 Å². The Kier molecular flexibility index (Phi) is 4.10. The molecule has 0 atom stereocenters. The van der Waals surface area contributed by atoms with E-state index in [1.54, 1.807) is 0 Å². The third-order valence-electron chi connectivity index (χ3n) is 3.60. The van der Waals surface area contributed by atoms with Crippen LogP contribution >= 0.6 is 27.5 Å². The number of alkyl halides is 3. The van der Waals surface area contributed by atoms with Crippen molar-refractivity contribution in [3.63, 3.8) is 0 Å². The van der Waals surface area contributed by atoms with Crippen LogP contribution in [-0.4, -0.2) is 4.98 Å². The van der Waals surface area contributed by atoms with E-state index in [1.165, 1.54) is 12.1 Å². The molecule has 0 saturated carbocycles. The summed E-state index contributed by atoms with van der Waals surface area (Å²) in [4.78, 5) is 4.56. The van der Waals surface area contributed by atoms with Crippen molar-refractivity contribution in [2.45, 2.75) is 13.1 Å². The molecule has 6 heteroatoms. The third-order valence-corrected chi connectivity index (χ3v) is 4.58. The molecule has 1 nitrogen and oxygen atoms in total. The molecule has 0 aliphatic heterocycles. The predicted octanol–water partition coefficient (Wildman–Crippen LogP) is 6.64. The number of rotatable bonds is 1. The van der Waals surface area contributed by atoms with E-state index in [4.69, 9.17) is 11.6 Å². The fourth-order valence-corrected chi connectivity index (χ4v) is 2.99. The van der Waals surface area contributed by atoms with E-state index in [1.807, 2.05) is 25.1 Å². The molecule has 0 bridgehead atoms. The Morgan fingerprint density at radius 2 is 1.70 bits per heavy atom. The minimum atomic E-state index is -4.35. The Morgan fingerprint density at radius 1 is 1.04 bits per heavy atom. The minimum Gasteiger partial charge on any atom is -0.247 e. The molecular weight excluding hydrogens is 391 g/mol. The number of halogens is 5. The van der Waals surface area contributed by atoms with Crippen LogP contribution in [0.3, 0.4) is 0 Å². The summed E-state index contributed by atoms with van der Waals surface area (Å²) in [5.41, 5.74) is 1.91. The zero-order valence-corrected chi connectivity index (χ0v) is 14.2. The number of hydrogen-bond donors (Lipinski definition) is 0. The van der Waals surface area contributed by atoms with E-state index in [-0.39, 0.29) is 0 Å². The highest BCUT2D eigenvalue weighted by Crippen LogP contribution is 2.35. The number of nitrogens with zero attached hydrogens (tertiary/aromatic N) is 1. The molecule has 2 aromatic carbocycles. The first-order valence-corrected chi connectivity index (χ1v) is 7.87. The van der Waals surface area contributed by atoms with Gasteiger partial charge in [-0.25, -0.2) is 4.98 Å². The summed E-state index contributed by atoms with van der Waals surface area (Å²) in [5, 5.41) is 1.36. The van der Waals surface area contributed by atoms with Crippen molar-refractivity contribution >= 4 is 38.4 Å². The van der Waals surface area contributed by atoms with Gasteiger partial charge >= 0.3 is 6.18 Å². The maximum absolute atomic E-state index is 12.7. The van der Waals surface area contributed by atoms with Crippen LogP contribution in [0.5, 0.6) is 0 Å². The van der Waals surface area contributed by atoms with Gasteiger partial charge in [0, 0.05) is 15.4 Å². The van der Waals surface area contributed by atoms with Crippen LogP contribution in [0.15, 0.2) is 46.9 Å². The Balaban J connectivity index is 2.18. The van der Waals surface area contributed by atoms with Gasteiger partial charge in [0.2, 0.25) is 0 Å². The van der Waals surface area contributed by atoms with E-state index < -0.39 is 11.7 Å². The average Bonchev–Trinajstić information content (AvgIpc) is 2.50. The zero-order chi connectivity index (χ0) is 16.8. The molecule has 1 heterocycles. The van der Waals surface area contributed by atoms with Gasteiger partial charge in [0.15, 0.2) is 0 Å². The molecule has 0 amide bonds. The molecule has 0 saturated heterocycles. The topological polar surface area (TPSA) is 12.9 Å². The second-order valence-electron chi connectivity index (χ2n) is 5.14. The lowest BCUT2D eigenvalue weighted by Crippen LogP contribution is -2.04. The Labute approximate surface area is 144 Å². The molecule has 1 aromatic heterocycles. The number of fused-ring (bicyclic) bond motifs is 1. The molecule has 0 aliphatic rings. The number of aromatic nitrogens is 1. The molecule has 3 aromatic rings. The molecule has 0 fully saturated rings. The predicted molar refractivity (Wildman–Crippen MR) is 89.6 cm³/mol. The highest BCUT2D eigenvalue weighted by Gasteiger charge is 2.30. The Bertz CT molecular complexity index is 889. The summed E-state index contributed by atoms with van der Waals surface area (Å²) in [6, 6.07) is 10.5. The van der Waals surface area contributed by atoms with Crippen LogP contribution in [0, 0.1) is 6.92 Å². The molecule has 23 heavy (non-hydrogen) atoms. The second-order valence-corrected chi connectivity index (χ2v) is 6.43. The van der Waals surface area contributed by atoms with Gasteiger partial charge in [0.25, 0.3) is 0 Å². The van der Waals surface area contributed by atoms with E-state index in [0.717, 1.165) is 27.6 Å². The lowest BCUT2D eigenvalue weighted by atomic mass is 10.0. The summed E-state index contributed by atoms with van der Waals surface area (Å²) in [7, 11) is 0. The third kappa shape index (κ3) is 3.08. The lowest BCUT2D eigenvalue weighted by Gasteiger charge is -2.12. The lowest BCUT2D eigenvalue weighted by molar-refractivity contribution is -0.137. The van der Waals surface area contributed by atoms with E-state index in [2.05, 4.69) is 20.9 Å². The highest BCUT2D eigenvalue weighted by molar-refractivity contribution is 9.10. The van der Waals surface area contributed by atoms with Gasteiger partial charge in [-0.05, 0) is 36.8 Å². The molecular formula is C17H10BrClF3N. The van der Waals surface area contributed by atoms with Crippen molar-refractivity contribution in [1.29, 1.82) is 0 Å². The largest absolute Gasteiger partial charge is 0.416 e. The van der Waals surface area contributed by atoms with Crippen molar-refractivity contribution in [2.75, 3.05) is 0 Å². The number of benzene rings is 2. The summed E-state index contributed by atoms with van der Waals surface area (Å²) >= 11 is 9.78. The van der Waals surface area contributed by atoms with Gasteiger partial charge in [-0.2, -0.15) is 13.2 Å². The number of hydrogen-bond acceptors (Lipinski definition) is 1. The van der Waals surface area contributed by atoms with Crippen molar-refractivity contribution in [3.8, 4) is 11.3 Å². The Hall–Kier alpha value is -1.59. The fourth-order valence-electron chi connectivity index (χ4n) is 2.39. The van der Waals surface area contributed by atoms with Gasteiger partial charge in [-0.1, -0.05) is 45.7 Å². The van der Waals surface area contributed by atoms with Gasteiger partial charge in [-0.3, -0.25) is 0 Å². The molecule has 0 aliphatic carbocycles. The van der Waals surface area contributed by atoms with E-state index >= 15 is 0 Å². The monoisotopic (exact) mass is 399 g/mol. The minimum absolute atomic E-state index is 0.553. The van der Waals surface area contributed by atoms with Gasteiger partial charge in [-0.15, -0.1) is 0 Å². The summed E-state index contributed by atoms with van der Waals surface area (Å²) in [6.45, 7) is 1.81. The van der Waals surface area contributed by atoms with Crippen LogP contribution in [0.1, 0.15) is 11.1 Å². The van der Waals surface area contributed by atoms with Crippen molar-refractivity contribution in [1.82, 2.24) is 4.98 Å². The smallest absolute Gasteiger partial charge is 0.247 e. The molecule has 0 radical (unpaired) electrons. The molecule has 0 unspecified atom stereocenters. The van der Waals surface area contributed by atoms with Crippen LogP contribution in [0.4, 0.5) is 13.2 Å². The van der Waals surface area contributed by atoms with Crippen LogP contribution in [0.25, 0.3) is 22.2 Å². The first-order chi connectivity index (χ1) is 10.8. The quantitative estimate of drug-likeness (QED) is 0.446. The van der Waals surface area contributed by atoms with Crippen molar-refractivity contribution in [3.05, 3.63) is 63.1 Å². The summed E-state index contributed by atoms with van der Waals surface area (Å²) < 4.78 is 38.9. The second kappa shape index (κ2) is 5.80. The normalized spacial score (nSPS) is 11.9. The average molecular weight is 401 g/mol. The van der Waals surface area contributed by atoms with Crippen LogP contribution in [-0.2, 0) is 6.18 Å². The highest BCUT2D eigenvalue weighted by atomic mass is 79.9. The van der Waals surface area contributed by atoms with Crippen LogP contribution in [0.2, 0.25) is 5.02 Å². The standard InChI is InChI=1S/C17H10BrClF3N/c1-9-15(19)13-7-6-12(18)8-14(13)23-16(9)10-2-4-11(5-3-10)17(20,21)22/h2-8H,1H3. The SMILES string of the molecule is Cc1c(-c2ccc(C(F)(F)F)cc2)nc2cc(Br)ccc2c1Cl. The molecule has 3 rings (SSSR count). The maximum Gasteiger partial charge on any atom is 0.416 e. The molecule has 0 spiro atoms. The van der Waals surface area contributed by atoms with Crippen molar-refractivity contribution in [2.24, 2.45) is 0 Å². The number of pyridine rings is 1. The first kappa shape index (κ1) is 16.3. The Morgan fingerprint density at radius 3 is 2.30 bits per heavy atom. The fraction of sp³-hybridized carbons (Fsp3) is 0.118. The first-order valence-electron chi connectivity index (χ1n) is 6.70. The van der Waals surface area contributed by atoms with E-state index in [9.17, 15) is 13.2 Å². The van der Waals surface area contributed by atoms with E-state index in [0.29, 0.717) is 21.8 Å². The molecule has 118 valence electrons. The molecule has 0 N–H and O–H groups in total. The summed E-state index contributed by atoms with van der Waals surface area (Å²) in [6.07, 6.45) is -4.35. The van der Waals surface area contributed by atoms with Gasteiger partial charge in [0.05, 0.1) is 21.8 Å². The zero-order valence-electron chi connectivity index (χ0n) is 11.9. The van der Waals surface area contributed by atoms with Crippen LogP contribution < -0.4 is 0 Å². The maximum atomic E-state index is 12.7.